The Morgan fingerprint density at radius 1 is 1.33 bits per heavy atom. The highest BCUT2D eigenvalue weighted by molar-refractivity contribution is 7.10. The maximum atomic E-state index is 13.6. The lowest BCUT2D eigenvalue weighted by molar-refractivity contribution is 0.0942. The molecule has 1 amide bonds. The van der Waals surface area contributed by atoms with Crippen molar-refractivity contribution in [1.29, 1.82) is 0 Å². The van der Waals surface area contributed by atoms with Crippen molar-refractivity contribution in [3.05, 3.63) is 51.7 Å². The summed E-state index contributed by atoms with van der Waals surface area (Å²) in [5.74, 6) is -2.40. The van der Waals surface area contributed by atoms with Crippen molar-refractivity contribution < 1.29 is 13.6 Å². The van der Waals surface area contributed by atoms with Gasteiger partial charge in [0.2, 0.25) is 0 Å². The van der Waals surface area contributed by atoms with E-state index in [1.165, 1.54) is 0 Å². The smallest absolute Gasteiger partial charge is 0.254 e. The van der Waals surface area contributed by atoms with E-state index in [4.69, 9.17) is 5.73 Å². The third-order valence-electron chi connectivity index (χ3n) is 3.21. The zero-order chi connectivity index (χ0) is 15.6. The number of benzene rings is 1. The van der Waals surface area contributed by atoms with E-state index in [1.54, 1.807) is 11.3 Å². The van der Waals surface area contributed by atoms with Gasteiger partial charge in [-0.15, -0.1) is 11.3 Å². The van der Waals surface area contributed by atoms with Crippen LogP contribution in [0.2, 0.25) is 0 Å². The molecule has 2 rings (SSSR count). The molecule has 2 aromatic rings. The van der Waals surface area contributed by atoms with Crippen LogP contribution < -0.4 is 11.1 Å². The van der Waals surface area contributed by atoms with Gasteiger partial charge in [0.15, 0.2) is 0 Å². The van der Waals surface area contributed by atoms with Gasteiger partial charge in [0.1, 0.15) is 11.6 Å². The Labute approximate surface area is 125 Å². The minimum absolute atomic E-state index is 0.251. The summed E-state index contributed by atoms with van der Waals surface area (Å²) in [4.78, 5) is 13.1. The van der Waals surface area contributed by atoms with E-state index >= 15 is 0 Å². The molecule has 1 heterocycles. The summed E-state index contributed by atoms with van der Waals surface area (Å²) in [5, 5.41) is 4.62. The van der Waals surface area contributed by atoms with Gasteiger partial charge in [-0.2, -0.15) is 0 Å². The summed E-state index contributed by atoms with van der Waals surface area (Å²) >= 11 is 1.59. The van der Waals surface area contributed by atoms with Crippen LogP contribution in [0.3, 0.4) is 0 Å². The second-order valence-electron chi connectivity index (χ2n) is 5.40. The molecule has 0 bridgehead atoms. The lowest BCUT2D eigenvalue weighted by atomic mass is 9.91. The number of rotatable bonds is 4. The fourth-order valence-electron chi connectivity index (χ4n) is 1.89. The number of nitrogens with one attached hydrogen (secondary N) is 1. The maximum Gasteiger partial charge on any atom is 0.254 e. The molecule has 0 radical (unpaired) electrons. The van der Waals surface area contributed by atoms with Crippen LogP contribution in [0, 0.1) is 11.6 Å². The van der Waals surface area contributed by atoms with E-state index in [1.807, 2.05) is 31.4 Å². The number of hydrogen-bond acceptors (Lipinski definition) is 3. The lowest BCUT2D eigenvalue weighted by Gasteiger charge is -2.23. The molecule has 0 saturated heterocycles. The predicted molar refractivity (Wildman–Crippen MR) is 80.4 cm³/mol. The molecule has 0 atom stereocenters. The second kappa shape index (κ2) is 5.81. The van der Waals surface area contributed by atoms with Gasteiger partial charge in [-0.3, -0.25) is 4.79 Å². The van der Waals surface area contributed by atoms with Gasteiger partial charge in [0.05, 0.1) is 11.3 Å². The molecule has 3 N–H and O–H groups in total. The Morgan fingerprint density at radius 2 is 2.05 bits per heavy atom. The summed E-state index contributed by atoms with van der Waals surface area (Å²) in [6.45, 7) is 4.30. The van der Waals surface area contributed by atoms with Gasteiger partial charge in [-0.05, 0) is 17.5 Å². The quantitative estimate of drug-likeness (QED) is 0.851. The number of carbonyl (C=O) groups excluding carboxylic acids is 1. The van der Waals surface area contributed by atoms with Crippen molar-refractivity contribution in [2.24, 2.45) is 0 Å². The first-order valence-corrected chi connectivity index (χ1v) is 7.26. The maximum absolute atomic E-state index is 13.6. The van der Waals surface area contributed by atoms with Gasteiger partial charge < -0.3 is 11.1 Å². The predicted octanol–water partition coefficient (Wildman–Crippen LogP) is 3.32. The Balaban J connectivity index is 2.11. The molecule has 3 nitrogen and oxygen atoms in total. The number of anilines is 1. The number of thiophene rings is 1. The molecule has 0 spiro atoms. The Kier molecular flexibility index (Phi) is 4.27. The molecule has 1 aromatic heterocycles. The molecule has 6 heteroatoms. The van der Waals surface area contributed by atoms with Crippen LogP contribution in [0.4, 0.5) is 14.5 Å². The molecular weight excluding hydrogens is 294 g/mol. The molecule has 0 saturated carbocycles. The van der Waals surface area contributed by atoms with Crippen LogP contribution in [0.15, 0.2) is 29.6 Å². The number of nitrogen functional groups attached to an aromatic ring is 1. The Morgan fingerprint density at radius 3 is 2.67 bits per heavy atom. The zero-order valence-corrected chi connectivity index (χ0v) is 12.6. The van der Waals surface area contributed by atoms with Gasteiger partial charge in [0, 0.05) is 22.9 Å². The molecule has 21 heavy (non-hydrogen) atoms. The molecule has 0 aliphatic rings. The molecular formula is C15H16F2N2OS. The van der Waals surface area contributed by atoms with Crippen LogP contribution in [0.1, 0.15) is 29.1 Å². The number of carbonyl (C=O) groups is 1. The van der Waals surface area contributed by atoms with E-state index in [9.17, 15) is 13.6 Å². The minimum Gasteiger partial charge on any atom is -0.396 e. The van der Waals surface area contributed by atoms with E-state index in [0.717, 1.165) is 10.9 Å². The van der Waals surface area contributed by atoms with Crippen molar-refractivity contribution in [3.63, 3.8) is 0 Å². The number of hydrogen-bond donors (Lipinski definition) is 2. The molecule has 0 aliphatic heterocycles. The first-order valence-electron chi connectivity index (χ1n) is 6.38. The molecule has 0 unspecified atom stereocenters. The highest BCUT2D eigenvalue weighted by atomic mass is 32.1. The summed E-state index contributed by atoms with van der Waals surface area (Å²) in [5.41, 5.74) is 4.59. The van der Waals surface area contributed by atoms with Crippen LogP contribution in [-0.2, 0) is 5.41 Å². The lowest BCUT2D eigenvalue weighted by Crippen LogP contribution is -2.36. The Hall–Kier alpha value is -1.95. The van der Waals surface area contributed by atoms with Crippen molar-refractivity contribution in [2.75, 3.05) is 12.3 Å². The molecule has 0 fully saturated rings. The van der Waals surface area contributed by atoms with Gasteiger partial charge in [0.25, 0.3) is 5.91 Å². The summed E-state index contributed by atoms with van der Waals surface area (Å²) in [6, 6.07) is 5.55. The number of nitrogens with two attached hydrogens (primary N) is 1. The van der Waals surface area contributed by atoms with Crippen LogP contribution >= 0.6 is 11.3 Å². The van der Waals surface area contributed by atoms with E-state index in [2.05, 4.69) is 5.32 Å². The van der Waals surface area contributed by atoms with Crippen molar-refractivity contribution in [1.82, 2.24) is 5.32 Å². The van der Waals surface area contributed by atoms with Crippen LogP contribution in [-0.4, -0.2) is 12.5 Å². The normalized spacial score (nSPS) is 11.4. The van der Waals surface area contributed by atoms with Gasteiger partial charge in [-0.25, -0.2) is 8.78 Å². The van der Waals surface area contributed by atoms with Crippen LogP contribution in [0.5, 0.6) is 0 Å². The SMILES string of the molecule is CC(C)(CNC(=O)c1cc(N)c(F)cc1F)c1cccs1. The van der Waals surface area contributed by atoms with Crippen molar-refractivity contribution in [2.45, 2.75) is 19.3 Å². The van der Waals surface area contributed by atoms with Gasteiger partial charge >= 0.3 is 0 Å². The van der Waals surface area contributed by atoms with Crippen LogP contribution in [0.25, 0.3) is 0 Å². The van der Waals surface area contributed by atoms with Crippen molar-refractivity contribution in [3.8, 4) is 0 Å². The highest BCUT2D eigenvalue weighted by Gasteiger charge is 2.23. The van der Waals surface area contributed by atoms with E-state index in [-0.39, 0.29) is 16.7 Å². The average Bonchev–Trinajstić information content (AvgIpc) is 2.95. The number of amides is 1. The number of halogens is 2. The third kappa shape index (κ3) is 3.39. The highest BCUT2D eigenvalue weighted by Crippen LogP contribution is 2.26. The fourth-order valence-corrected chi connectivity index (χ4v) is 2.74. The third-order valence-corrected chi connectivity index (χ3v) is 4.45. The summed E-state index contributed by atoms with van der Waals surface area (Å²) in [6.07, 6.45) is 0. The molecule has 1 aromatic carbocycles. The topological polar surface area (TPSA) is 55.1 Å². The first-order chi connectivity index (χ1) is 9.81. The first kappa shape index (κ1) is 15.4. The fraction of sp³-hybridized carbons (Fsp3) is 0.267. The average molecular weight is 310 g/mol. The molecule has 0 aliphatic carbocycles. The minimum atomic E-state index is -0.923. The summed E-state index contributed by atoms with van der Waals surface area (Å²) in [7, 11) is 0. The molecule has 112 valence electrons. The monoisotopic (exact) mass is 310 g/mol. The largest absolute Gasteiger partial charge is 0.396 e. The van der Waals surface area contributed by atoms with Gasteiger partial charge in [-0.1, -0.05) is 19.9 Å². The van der Waals surface area contributed by atoms with E-state index < -0.39 is 17.5 Å². The van der Waals surface area contributed by atoms with E-state index in [0.29, 0.717) is 12.6 Å². The Bertz CT molecular complexity index is 654. The second-order valence-corrected chi connectivity index (χ2v) is 6.35. The summed E-state index contributed by atoms with van der Waals surface area (Å²) < 4.78 is 26.7. The standard InChI is InChI=1S/C15H16F2N2OS/c1-15(2,13-4-3-5-21-13)8-19-14(20)9-6-12(18)11(17)7-10(9)16/h3-7H,8,18H2,1-2H3,(H,19,20). The van der Waals surface area contributed by atoms with Crippen molar-refractivity contribution >= 4 is 22.9 Å². The zero-order valence-electron chi connectivity index (χ0n) is 11.7.